The summed E-state index contributed by atoms with van der Waals surface area (Å²) in [6, 6.07) is 18.7. The van der Waals surface area contributed by atoms with Crippen LogP contribution in [0.5, 0.6) is 11.5 Å². The second-order valence-electron chi connectivity index (χ2n) is 5.60. The minimum absolute atomic E-state index is 0.705. The minimum atomic E-state index is 0.705. The summed E-state index contributed by atoms with van der Waals surface area (Å²) in [5.74, 6) is 1.42. The van der Waals surface area contributed by atoms with Crippen molar-refractivity contribution in [2.45, 2.75) is 0 Å². The highest BCUT2D eigenvalue weighted by molar-refractivity contribution is 9.11. The number of anilines is 2. The van der Waals surface area contributed by atoms with E-state index in [9.17, 15) is 0 Å². The summed E-state index contributed by atoms with van der Waals surface area (Å²) in [6.07, 6.45) is 0. The third-order valence-electron chi connectivity index (χ3n) is 3.93. The van der Waals surface area contributed by atoms with Gasteiger partial charge in [0.25, 0.3) is 0 Å². The number of hydrogen-bond donors (Lipinski definition) is 1. The number of halogens is 1. The van der Waals surface area contributed by atoms with Crippen LogP contribution >= 0.6 is 49.9 Å². The molecule has 0 unspecified atom stereocenters. The molecule has 0 aliphatic rings. The average Bonchev–Trinajstić information content (AvgIpc) is 3.41. The molecule has 3 aromatic heterocycles. The third kappa shape index (κ3) is 3.91. The van der Waals surface area contributed by atoms with Gasteiger partial charge in [0.15, 0.2) is 11.5 Å². The Balaban J connectivity index is 1.57. The van der Waals surface area contributed by atoms with Gasteiger partial charge in [-0.1, -0.05) is 6.07 Å². The average molecular weight is 478 g/mol. The van der Waals surface area contributed by atoms with E-state index in [-0.39, 0.29) is 0 Å². The van der Waals surface area contributed by atoms with Crippen molar-refractivity contribution in [3.63, 3.8) is 0 Å². The van der Waals surface area contributed by atoms with Crippen LogP contribution in [0.3, 0.4) is 0 Å². The van der Waals surface area contributed by atoms with Gasteiger partial charge < -0.3 is 14.8 Å². The van der Waals surface area contributed by atoms with Crippen molar-refractivity contribution in [3.8, 4) is 31.0 Å². The maximum atomic E-state index is 5.50. The number of benzene rings is 1. The molecule has 0 amide bonds. The molecule has 3 heterocycles. The van der Waals surface area contributed by atoms with Crippen LogP contribution in [-0.4, -0.2) is 14.2 Å². The number of para-hydroxylation sites is 1. The fraction of sp³-hybridized carbons (Fsp3) is 0.100. The first-order valence-electron chi connectivity index (χ1n) is 8.11. The second-order valence-corrected chi connectivity index (χ2v) is 10.2. The highest BCUT2D eigenvalue weighted by Crippen LogP contribution is 2.43. The van der Waals surface area contributed by atoms with Gasteiger partial charge in [0.2, 0.25) is 0 Å². The molecule has 7 heteroatoms. The van der Waals surface area contributed by atoms with Gasteiger partial charge in [0.1, 0.15) is 0 Å². The van der Waals surface area contributed by atoms with Crippen LogP contribution in [0, 0.1) is 0 Å². The highest BCUT2D eigenvalue weighted by atomic mass is 79.9. The van der Waals surface area contributed by atoms with Crippen LogP contribution in [0.4, 0.5) is 10.7 Å². The van der Waals surface area contributed by atoms with Crippen molar-refractivity contribution in [2.24, 2.45) is 0 Å². The molecule has 3 nitrogen and oxygen atoms in total. The Labute approximate surface area is 178 Å². The van der Waals surface area contributed by atoms with Gasteiger partial charge in [0, 0.05) is 19.5 Å². The molecular weight excluding hydrogens is 462 g/mol. The van der Waals surface area contributed by atoms with Gasteiger partial charge in [0.05, 0.1) is 28.7 Å². The molecule has 1 aromatic carbocycles. The molecule has 138 valence electrons. The van der Waals surface area contributed by atoms with Crippen LogP contribution in [0.15, 0.2) is 58.4 Å². The SMILES string of the molecule is COc1cccc(Nc2ccc(-c3ccc(-c4ccc(Br)s4)s3)s2)c1OC. The van der Waals surface area contributed by atoms with Crippen molar-refractivity contribution < 1.29 is 9.47 Å². The molecule has 0 bridgehead atoms. The molecule has 1 N–H and O–H groups in total. The third-order valence-corrected chi connectivity index (χ3v) is 8.03. The van der Waals surface area contributed by atoms with Crippen molar-refractivity contribution in [3.05, 3.63) is 58.4 Å². The Morgan fingerprint density at radius 1 is 0.741 bits per heavy atom. The largest absolute Gasteiger partial charge is 0.493 e. The van der Waals surface area contributed by atoms with Crippen molar-refractivity contribution in [1.29, 1.82) is 0 Å². The summed E-state index contributed by atoms with van der Waals surface area (Å²) in [7, 11) is 3.30. The van der Waals surface area contributed by atoms with Crippen LogP contribution in [0.25, 0.3) is 19.5 Å². The van der Waals surface area contributed by atoms with E-state index in [0.29, 0.717) is 11.5 Å². The molecule has 0 saturated heterocycles. The number of ether oxygens (including phenoxy) is 2. The molecular formula is C20H16BrNO2S3. The first-order valence-corrected chi connectivity index (χ1v) is 11.4. The lowest BCUT2D eigenvalue weighted by atomic mass is 10.2. The summed E-state index contributed by atoms with van der Waals surface area (Å²) in [6.45, 7) is 0. The van der Waals surface area contributed by atoms with Crippen molar-refractivity contribution >= 4 is 60.6 Å². The molecule has 0 aliphatic carbocycles. The van der Waals surface area contributed by atoms with Gasteiger partial charge in [-0.15, -0.1) is 34.0 Å². The molecule has 0 radical (unpaired) electrons. The summed E-state index contributed by atoms with van der Waals surface area (Å²) in [5, 5.41) is 4.50. The number of rotatable bonds is 6. The Hall–Kier alpha value is -1.80. The molecule has 4 rings (SSSR count). The normalized spacial score (nSPS) is 10.8. The first kappa shape index (κ1) is 18.6. The zero-order valence-electron chi connectivity index (χ0n) is 14.6. The number of hydrogen-bond acceptors (Lipinski definition) is 6. The summed E-state index contributed by atoms with van der Waals surface area (Å²) in [4.78, 5) is 5.09. The number of thiophene rings is 3. The van der Waals surface area contributed by atoms with E-state index in [1.165, 1.54) is 19.5 Å². The minimum Gasteiger partial charge on any atom is -0.493 e. The van der Waals surface area contributed by atoms with Gasteiger partial charge >= 0.3 is 0 Å². The van der Waals surface area contributed by atoms with Crippen LogP contribution in [-0.2, 0) is 0 Å². The van der Waals surface area contributed by atoms with E-state index in [2.05, 4.69) is 57.6 Å². The number of nitrogens with one attached hydrogen (secondary N) is 1. The van der Waals surface area contributed by atoms with Gasteiger partial charge in [-0.3, -0.25) is 0 Å². The number of methoxy groups -OCH3 is 2. The quantitative estimate of drug-likeness (QED) is 0.308. The zero-order chi connectivity index (χ0) is 18.8. The van der Waals surface area contributed by atoms with Crippen LogP contribution < -0.4 is 14.8 Å². The van der Waals surface area contributed by atoms with Crippen LogP contribution in [0.1, 0.15) is 0 Å². The highest BCUT2D eigenvalue weighted by Gasteiger charge is 2.12. The van der Waals surface area contributed by atoms with Crippen LogP contribution in [0.2, 0.25) is 0 Å². The van der Waals surface area contributed by atoms with Gasteiger partial charge in [-0.05, 0) is 64.5 Å². The van der Waals surface area contributed by atoms with E-state index in [4.69, 9.17) is 9.47 Å². The van der Waals surface area contributed by atoms with E-state index >= 15 is 0 Å². The van der Waals surface area contributed by atoms with Crippen molar-refractivity contribution in [1.82, 2.24) is 0 Å². The monoisotopic (exact) mass is 477 g/mol. The molecule has 0 aliphatic heterocycles. The first-order chi connectivity index (χ1) is 13.2. The summed E-state index contributed by atoms with van der Waals surface area (Å²) >= 11 is 8.83. The lowest BCUT2D eigenvalue weighted by molar-refractivity contribution is 0.356. The standard InChI is InChI=1S/C20H16BrNO2S3/c1-23-13-5-3-4-12(20(13)24-2)22-19-11-9-17(27-19)15-7-6-14(25-15)16-8-10-18(21)26-16/h3-11,22H,1-2H3. The van der Waals surface area contributed by atoms with Gasteiger partial charge in [-0.25, -0.2) is 0 Å². The Bertz CT molecular complexity index is 1070. The predicted molar refractivity (Wildman–Crippen MR) is 121 cm³/mol. The Morgan fingerprint density at radius 3 is 2.07 bits per heavy atom. The molecule has 0 atom stereocenters. The topological polar surface area (TPSA) is 30.5 Å². The predicted octanol–water partition coefficient (Wildman–Crippen LogP) is 7.73. The van der Waals surface area contributed by atoms with E-state index in [1.54, 1.807) is 36.9 Å². The molecule has 0 fully saturated rings. The lowest BCUT2D eigenvalue weighted by Gasteiger charge is -2.13. The Morgan fingerprint density at radius 2 is 1.41 bits per heavy atom. The lowest BCUT2D eigenvalue weighted by Crippen LogP contribution is -1.95. The van der Waals surface area contributed by atoms with Gasteiger partial charge in [-0.2, -0.15) is 0 Å². The van der Waals surface area contributed by atoms with E-state index < -0.39 is 0 Å². The van der Waals surface area contributed by atoms with Crippen molar-refractivity contribution in [2.75, 3.05) is 19.5 Å². The summed E-state index contributed by atoms with van der Waals surface area (Å²) < 4.78 is 12.0. The molecule has 0 spiro atoms. The maximum Gasteiger partial charge on any atom is 0.184 e. The van der Waals surface area contributed by atoms with E-state index in [0.717, 1.165) is 14.5 Å². The summed E-state index contributed by atoms with van der Waals surface area (Å²) in [5.41, 5.74) is 0.889. The molecule has 4 aromatic rings. The smallest absolute Gasteiger partial charge is 0.184 e. The maximum absolute atomic E-state index is 5.50. The Kier molecular flexibility index (Phi) is 5.54. The van der Waals surface area contributed by atoms with E-state index in [1.807, 2.05) is 29.5 Å². The molecule has 27 heavy (non-hydrogen) atoms. The zero-order valence-corrected chi connectivity index (χ0v) is 18.7. The fourth-order valence-corrected chi connectivity index (χ4v) is 6.20. The second kappa shape index (κ2) is 8.06. The fourth-order valence-electron chi connectivity index (χ4n) is 2.71. The molecule has 0 saturated carbocycles.